The maximum absolute atomic E-state index is 11.9. The Bertz CT molecular complexity index is 538. The van der Waals surface area contributed by atoms with Crippen molar-refractivity contribution in [2.75, 3.05) is 18.9 Å². The first kappa shape index (κ1) is 20.0. The second kappa shape index (κ2) is 10.7. The summed E-state index contributed by atoms with van der Waals surface area (Å²) in [6.07, 6.45) is 1.65. The molecule has 0 bridgehead atoms. The van der Waals surface area contributed by atoms with Gasteiger partial charge in [-0.2, -0.15) is 0 Å². The van der Waals surface area contributed by atoms with Crippen molar-refractivity contribution in [1.29, 1.82) is 0 Å². The number of hydrogen-bond acceptors (Lipinski definition) is 2. The Balaban J connectivity index is 2.50. The zero-order chi connectivity index (χ0) is 17.9. The van der Waals surface area contributed by atoms with E-state index >= 15 is 0 Å². The SMILES string of the molecule is CN=C(NCCC(C)C)NCc1cccc(NC(=O)CC(C)C)c1. The molecule has 0 aliphatic carbocycles. The molecule has 3 N–H and O–H groups in total. The molecule has 0 saturated heterocycles. The van der Waals surface area contributed by atoms with E-state index < -0.39 is 0 Å². The number of hydrogen-bond donors (Lipinski definition) is 3. The average Bonchev–Trinajstić information content (AvgIpc) is 2.49. The third kappa shape index (κ3) is 8.56. The first-order valence-corrected chi connectivity index (χ1v) is 8.74. The van der Waals surface area contributed by atoms with Gasteiger partial charge in [0, 0.05) is 32.2 Å². The highest BCUT2D eigenvalue weighted by molar-refractivity contribution is 5.90. The Labute approximate surface area is 146 Å². The van der Waals surface area contributed by atoms with E-state index in [1.165, 1.54) is 0 Å². The monoisotopic (exact) mass is 332 g/mol. The molecule has 0 aliphatic rings. The zero-order valence-corrected chi connectivity index (χ0v) is 15.6. The first-order chi connectivity index (χ1) is 11.4. The van der Waals surface area contributed by atoms with Crippen LogP contribution < -0.4 is 16.0 Å². The number of rotatable bonds is 8. The standard InChI is InChI=1S/C19H32N4O/c1-14(2)9-10-21-19(20-5)22-13-16-7-6-8-17(12-16)23-18(24)11-15(3)4/h6-8,12,14-15H,9-11,13H2,1-5H3,(H,23,24)(H2,20,21,22). The molecule has 1 rings (SSSR count). The molecule has 1 amide bonds. The number of nitrogens with zero attached hydrogens (tertiary/aromatic N) is 1. The van der Waals surface area contributed by atoms with E-state index in [0.717, 1.165) is 30.2 Å². The van der Waals surface area contributed by atoms with E-state index in [9.17, 15) is 4.79 Å². The van der Waals surface area contributed by atoms with Crippen LogP contribution in [-0.2, 0) is 11.3 Å². The normalized spacial score (nSPS) is 11.7. The van der Waals surface area contributed by atoms with E-state index in [2.05, 4.69) is 34.8 Å². The average molecular weight is 332 g/mol. The fourth-order valence-electron chi connectivity index (χ4n) is 2.23. The van der Waals surface area contributed by atoms with Crippen LogP contribution in [0, 0.1) is 11.8 Å². The van der Waals surface area contributed by atoms with Crippen LogP contribution in [0.15, 0.2) is 29.3 Å². The predicted octanol–water partition coefficient (Wildman–Crippen LogP) is 3.38. The van der Waals surface area contributed by atoms with Gasteiger partial charge >= 0.3 is 0 Å². The third-order valence-electron chi connectivity index (χ3n) is 3.50. The lowest BCUT2D eigenvalue weighted by molar-refractivity contribution is -0.116. The number of amides is 1. The van der Waals surface area contributed by atoms with Gasteiger partial charge in [-0.05, 0) is 36.0 Å². The lowest BCUT2D eigenvalue weighted by Gasteiger charge is -2.13. The van der Waals surface area contributed by atoms with Crippen molar-refractivity contribution in [3.8, 4) is 0 Å². The first-order valence-electron chi connectivity index (χ1n) is 8.74. The quantitative estimate of drug-likeness (QED) is 0.505. The molecule has 1 aromatic carbocycles. The molecular formula is C19H32N4O. The van der Waals surface area contributed by atoms with Gasteiger partial charge < -0.3 is 16.0 Å². The number of anilines is 1. The van der Waals surface area contributed by atoms with Crippen molar-refractivity contribution in [3.63, 3.8) is 0 Å². The van der Waals surface area contributed by atoms with Gasteiger partial charge in [-0.15, -0.1) is 0 Å². The third-order valence-corrected chi connectivity index (χ3v) is 3.50. The predicted molar refractivity (Wildman–Crippen MR) is 102 cm³/mol. The van der Waals surface area contributed by atoms with Gasteiger partial charge in [-0.1, -0.05) is 39.8 Å². The molecular weight excluding hydrogens is 300 g/mol. The number of carbonyl (C=O) groups excluding carboxylic acids is 1. The summed E-state index contributed by atoms with van der Waals surface area (Å²) in [5, 5.41) is 9.56. The minimum absolute atomic E-state index is 0.0567. The summed E-state index contributed by atoms with van der Waals surface area (Å²) < 4.78 is 0. The van der Waals surface area contributed by atoms with E-state index in [-0.39, 0.29) is 5.91 Å². The van der Waals surface area contributed by atoms with Crippen LogP contribution in [0.25, 0.3) is 0 Å². The molecule has 5 nitrogen and oxygen atoms in total. The summed E-state index contributed by atoms with van der Waals surface area (Å²) in [5.74, 6) is 1.88. The van der Waals surface area contributed by atoms with E-state index in [1.54, 1.807) is 7.05 Å². The van der Waals surface area contributed by atoms with Gasteiger partial charge in [0.1, 0.15) is 0 Å². The molecule has 0 spiro atoms. The Morgan fingerprint density at radius 1 is 1.12 bits per heavy atom. The van der Waals surface area contributed by atoms with Crippen LogP contribution in [0.5, 0.6) is 0 Å². The number of benzene rings is 1. The van der Waals surface area contributed by atoms with Crippen molar-refractivity contribution >= 4 is 17.6 Å². The molecule has 0 fully saturated rings. The molecule has 1 aromatic rings. The van der Waals surface area contributed by atoms with Gasteiger partial charge in [0.05, 0.1) is 0 Å². The van der Waals surface area contributed by atoms with Crippen LogP contribution >= 0.6 is 0 Å². The smallest absolute Gasteiger partial charge is 0.224 e. The summed E-state index contributed by atoms with van der Waals surface area (Å²) in [4.78, 5) is 16.1. The van der Waals surface area contributed by atoms with E-state index in [0.29, 0.717) is 24.8 Å². The Morgan fingerprint density at radius 3 is 2.50 bits per heavy atom. The van der Waals surface area contributed by atoms with Gasteiger partial charge in [0.15, 0.2) is 5.96 Å². The van der Waals surface area contributed by atoms with Crippen molar-refractivity contribution < 1.29 is 4.79 Å². The van der Waals surface area contributed by atoms with Crippen molar-refractivity contribution in [2.45, 2.75) is 47.1 Å². The minimum atomic E-state index is 0.0567. The summed E-state index contributed by atoms with van der Waals surface area (Å²) in [6.45, 7) is 10.1. The molecule has 0 radical (unpaired) electrons. The molecule has 5 heteroatoms. The summed E-state index contributed by atoms with van der Waals surface area (Å²) in [5.41, 5.74) is 1.94. The van der Waals surface area contributed by atoms with Crippen LogP contribution in [0.1, 0.15) is 46.1 Å². The molecule has 0 aromatic heterocycles. The Kier molecular flexibility index (Phi) is 8.90. The maximum atomic E-state index is 11.9. The Hall–Kier alpha value is -2.04. The largest absolute Gasteiger partial charge is 0.356 e. The topological polar surface area (TPSA) is 65.5 Å². The number of carbonyl (C=O) groups is 1. The maximum Gasteiger partial charge on any atom is 0.224 e. The highest BCUT2D eigenvalue weighted by atomic mass is 16.1. The van der Waals surface area contributed by atoms with Crippen LogP contribution in [-0.4, -0.2) is 25.5 Å². The molecule has 0 unspecified atom stereocenters. The van der Waals surface area contributed by atoms with E-state index in [4.69, 9.17) is 0 Å². The second-order valence-electron chi connectivity index (χ2n) is 6.88. The van der Waals surface area contributed by atoms with Crippen molar-refractivity contribution in [2.24, 2.45) is 16.8 Å². The minimum Gasteiger partial charge on any atom is -0.356 e. The summed E-state index contributed by atoms with van der Waals surface area (Å²) in [7, 11) is 1.77. The highest BCUT2D eigenvalue weighted by Crippen LogP contribution is 2.12. The molecule has 0 aliphatic heterocycles. The van der Waals surface area contributed by atoms with Gasteiger partial charge in [0.25, 0.3) is 0 Å². The lowest BCUT2D eigenvalue weighted by atomic mass is 10.1. The number of guanidine groups is 1. The van der Waals surface area contributed by atoms with Crippen LogP contribution in [0.2, 0.25) is 0 Å². The van der Waals surface area contributed by atoms with Gasteiger partial charge in [-0.3, -0.25) is 9.79 Å². The summed E-state index contributed by atoms with van der Waals surface area (Å²) >= 11 is 0. The number of nitrogens with one attached hydrogen (secondary N) is 3. The molecule has 24 heavy (non-hydrogen) atoms. The lowest BCUT2D eigenvalue weighted by Crippen LogP contribution is -2.37. The molecule has 0 heterocycles. The second-order valence-corrected chi connectivity index (χ2v) is 6.88. The van der Waals surface area contributed by atoms with Crippen molar-refractivity contribution in [3.05, 3.63) is 29.8 Å². The highest BCUT2D eigenvalue weighted by Gasteiger charge is 2.06. The fourth-order valence-corrected chi connectivity index (χ4v) is 2.23. The van der Waals surface area contributed by atoms with Crippen LogP contribution in [0.4, 0.5) is 5.69 Å². The van der Waals surface area contributed by atoms with E-state index in [1.807, 2.05) is 38.1 Å². The Morgan fingerprint density at radius 2 is 1.88 bits per heavy atom. The van der Waals surface area contributed by atoms with Crippen molar-refractivity contribution in [1.82, 2.24) is 10.6 Å². The van der Waals surface area contributed by atoms with Gasteiger partial charge in [0.2, 0.25) is 5.91 Å². The van der Waals surface area contributed by atoms with Gasteiger partial charge in [-0.25, -0.2) is 0 Å². The summed E-state index contributed by atoms with van der Waals surface area (Å²) in [6, 6.07) is 7.90. The molecule has 0 saturated carbocycles. The number of aliphatic imine (C=N–C) groups is 1. The zero-order valence-electron chi connectivity index (χ0n) is 15.6. The molecule has 0 atom stereocenters. The fraction of sp³-hybridized carbons (Fsp3) is 0.579. The van der Waals surface area contributed by atoms with Crippen LogP contribution in [0.3, 0.4) is 0 Å². The molecule has 134 valence electrons.